The second kappa shape index (κ2) is 9.93. The molecule has 1 saturated heterocycles. The summed E-state index contributed by atoms with van der Waals surface area (Å²) in [5, 5.41) is 0. The molecule has 0 radical (unpaired) electrons. The maximum absolute atomic E-state index is 12.0. The Morgan fingerprint density at radius 2 is 1.29 bits per heavy atom. The number of quaternary nitrogens is 1. The molecule has 0 spiro atoms. The van der Waals surface area contributed by atoms with Gasteiger partial charge in [0.1, 0.15) is 0 Å². The zero-order valence-corrected chi connectivity index (χ0v) is 18.2. The highest BCUT2D eigenvalue weighted by atomic mass is 16.1. The first-order chi connectivity index (χ1) is 15.2. The van der Waals surface area contributed by atoms with Crippen LogP contribution in [0, 0.1) is 0 Å². The van der Waals surface area contributed by atoms with Crippen LogP contribution in [0.1, 0.15) is 47.8 Å². The number of hydrogen-bond acceptors (Lipinski definition) is 1. The van der Waals surface area contributed by atoms with E-state index >= 15 is 0 Å². The second-order valence-corrected chi connectivity index (χ2v) is 8.98. The molecule has 1 aliphatic rings. The van der Waals surface area contributed by atoms with Gasteiger partial charge >= 0.3 is 0 Å². The van der Waals surface area contributed by atoms with Crippen molar-refractivity contribution in [2.45, 2.75) is 31.1 Å². The highest BCUT2D eigenvalue weighted by molar-refractivity contribution is 5.74. The van der Waals surface area contributed by atoms with Gasteiger partial charge in [-0.1, -0.05) is 91.0 Å². The minimum atomic E-state index is -0.186. The highest BCUT2D eigenvalue weighted by Gasteiger charge is 2.36. The predicted molar refractivity (Wildman–Crippen MR) is 127 cm³/mol. The number of primary amides is 1. The predicted octanol–water partition coefficient (Wildman–Crippen LogP) is 5.09. The zero-order valence-electron chi connectivity index (χ0n) is 18.2. The summed E-state index contributed by atoms with van der Waals surface area (Å²) >= 11 is 0. The first kappa shape index (κ1) is 21.3. The molecule has 0 aliphatic carbocycles. The monoisotopic (exact) mass is 413 g/mol. The van der Waals surface area contributed by atoms with Gasteiger partial charge in [-0.15, -0.1) is 0 Å². The van der Waals surface area contributed by atoms with Crippen molar-refractivity contribution in [3.05, 3.63) is 108 Å². The maximum Gasteiger partial charge on any atom is 0.272 e. The van der Waals surface area contributed by atoms with Crippen LogP contribution < -0.4 is 5.73 Å². The maximum atomic E-state index is 12.0. The fraction of sp³-hybridized carbons (Fsp3) is 0.321. The largest absolute Gasteiger partial charge is 0.365 e. The number of nitrogens with two attached hydrogens (primary N) is 1. The lowest BCUT2D eigenvalue weighted by Gasteiger charge is -2.44. The Morgan fingerprint density at radius 1 is 0.806 bits per heavy atom. The zero-order chi connectivity index (χ0) is 21.5. The van der Waals surface area contributed by atoms with Crippen molar-refractivity contribution in [1.82, 2.24) is 0 Å². The van der Waals surface area contributed by atoms with Crippen molar-refractivity contribution in [3.63, 3.8) is 0 Å². The third-order valence-corrected chi connectivity index (χ3v) is 6.96. The van der Waals surface area contributed by atoms with E-state index in [0.29, 0.717) is 18.4 Å². The molecular formula is C28H33N2O+. The normalized spacial score (nSPS) is 21.1. The van der Waals surface area contributed by atoms with E-state index in [1.807, 2.05) is 0 Å². The average molecular weight is 414 g/mol. The molecule has 1 aliphatic heterocycles. The van der Waals surface area contributed by atoms with Crippen LogP contribution in [-0.4, -0.2) is 36.6 Å². The van der Waals surface area contributed by atoms with E-state index in [0.717, 1.165) is 43.4 Å². The average Bonchev–Trinajstić information content (AvgIpc) is 2.81. The quantitative estimate of drug-likeness (QED) is 0.514. The SMILES string of the molecule is NC(=O)C[N+]1(CCC(c2ccccc2)c2ccccc2)CCC(c2ccccc2)CC1. The lowest BCUT2D eigenvalue weighted by atomic mass is 9.85. The lowest BCUT2D eigenvalue weighted by Crippen LogP contribution is -2.57. The van der Waals surface area contributed by atoms with Crippen molar-refractivity contribution in [1.29, 1.82) is 0 Å². The molecule has 3 nitrogen and oxygen atoms in total. The van der Waals surface area contributed by atoms with Crippen molar-refractivity contribution in [3.8, 4) is 0 Å². The molecule has 0 saturated carbocycles. The first-order valence-electron chi connectivity index (χ1n) is 11.4. The molecule has 3 heteroatoms. The molecule has 2 N–H and O–H groups in total. The van der Waals surface area contributed by atoms with Gasteiger partial charge in [0, 0.05) is 25.2 Å². The molecule has 0 bridgehead atoms. The van der Waals surface area contributed by atoms with E-state index in [1.54, 1.807) is 0 Å². The van der Waals surface area contributed by atoms with Crippen LogP contribution in [0.25, 0.3) is 0 Å². The van der Waals surface area contributed by atoms with Crippen LogP contribution in [0.4, 0.5) is 0 Å². The Morgan fingerprint density at radius 3 is 1.77 bits per heavy atom. The minimum absolute atomic E-state index is 0.186. The number of likely N-dealkylation sites (tertiary alicyclic amines) is 1. The summed E-state index contributed by atoms with van der Waals surface area (Å²) in [5.74, 6) is 0.727. The number of hydrogen-bond donors (Lipinski definition) is 1. The number of rotatable bonds is 8. The Bertz CT molecular complexity index is 909. The number of nitrogens with zero attached hydrogens (tertiary/aromatic N) is 1. The van der Waals surface area contributed by atoms with Crippen molar-refractivity contribution in [2.24, 2.45) is 5.73 Å². The summed E-state index contributed by atoms with van der Waals surface area (Å²) in [5.41, 5.74) is 9.83. The molecule has 1 heterocycles. The van der Waals surface area contributed by atoms with Gasteiger partial charge in [-0.05, 0) is 22.6 Å². The van der Waals surface area contributed by atoms with Gasteiger partial charge in [0.25, 0.3) is 5.91 Å². The first-order valence-corrected chi connectivity index (χ1v) is 11.4. The molecule has 0 aromatic heterocycles. The van der Waals surface area contributed by atoms with E-state index in [2.05, 4.69) is 91.0 Å². The Balaban J connectivity index is 1.51. The van der Waals surface area contributed by atoms with Gasteiger partial charge < -0.3 is 10.2 Å². The molecule has 3 aromatic carbocycles. The third kappa shape index (κ3) is 5.42. The van der Waals surface area contributed by atoms with E-state index in [1.165, 1.54) is 16.7 Å². The number of amides is 1. The van der Waals surface area contributed by atoms with E-state index in [9.17, 15) is 4.79 Å². The molecular weight excluding hydrogens is 380 g/mol. The van der Waals surface area contributed by atoms with Gasteiger partial charge in [-0.25, -0.2) is 0 Å². The smallest absolute Gasteiger partial charge is 0.272 e. The summed E-state index contributed by atoms with van der Waals surface area (Å²) in [4.78, 5) is 12.0. The minimum Gasteiger partial charge on any atom is -0.365 e. The van der Waals surface area contributed by atoms with Gasteiger partial charge in [0.2, 0.25) is 0 Å². The van der Waals surface area contributed by atoms with Crippen molar-refractivity contribution >= 4 is 5.91 Å². The number of carbonyl (C=O) groups excluding carboxylic acids is 1. The standard InChI is InChI=1S/C28H32N2O/c29-28(31)22-30(19-16-24(17-20-30)23-10-4-1-5-11-23)21-18-27(25-12-6-2-7-13-25)26-14-8-3-9-15-26/h1-15,24,27H,16-22H2,(H-,29,31)/p+1. The van der Waals surface area contributed by atoms with Crippen molar-refractivity contribution in [2.75, 3.05) is 26.2 Å². The van der Waals surface area contributed by atoms with Gasteiger partial charge in [0.15, 0.2) is 6.54 Å². The highest BCUT2D eigenvalue weighted by Crippen LogP contribution is 2.34. The van der Waals surface area contributed by atoms with Gasteiger partial charge in [0.05, 0.1) is 19.6 Å². The molecule has 0 atom stereocenters. The Hall–Kier alpha value is -2.91. The Labute approximate surface area is 186 Å². The fourth-order valence-corrected chi connectivity index (χ4v) is 5.26. The van der Waals surface area contributed by atoms with Crippen molar-refractivity contribution < 1.29 is 9.28 Å². The molecule has 1 fully saturated rings. The van der Waals surface area contributed by atoms with Crippen LogP contribution in [0.15, 0.2) is 91.0 Å². The third-order valence-electron chi connectivity index (χ3n) is 6.96. The van der Waals surface area contributed by atoms with E-state index in [4.69, 9.17) is 5.73 Å². The number of carbonyl (C=O) groups is 1. The lowest BCUT2D eigenvalue weighted by molar-refractivity contribution is -0.925. The second-order valence-electron chi connectivity index (χ2n) is 8.98. The summed E-state index contributed by atoms with van der Waals surface area (Å²) < 4.78 is 0.814. The topological polar surface area (TPSA) is 43.1 Å². The molecule has 31 heavy (non-hydrogen) atoms. The van der Waals surface area contributed by atoms with Gasteiger partial charge in [-0.2, -0.15) is 0 Å². The number of piperidine rings is 1. The van der Waals surface area contributed by atoms with Crippen LogP contribution >= 0.6 is 0 Å². The van der Waals surface area contributed by atoms with E-state index in [-0.39, 0.29) is 5.91 Å². The number of benzene rings is 3. The Kier molecular flexibility index (Phi) is 6.83. The molecule has 4 rings (SSSR count). The van der Waals surface area contributed by atoms with Crippen LogP contribution in [0.2, 0.25) is 0 Å². The van der Waals surface area contributed by atoms with E-state index < -0.39 is 0 Å². The van der Waals surface area contributed by atoms with Crippen LogP contribution in [-0.2, 0) is 4.79 Å². The summed E-state index contributed by atoms with van der Waals surface area (Å²) in [6, 6.07) is 32.3. The molecule has 1 amide bonds. The molecule has 160 valence electrons. The fourth-order valence-electron chi connectivity index (χ4n) is 5.26. The van der Waals surface area contributed by atoms with Crippen LogP contribution in [0.3, 0.4) is 0 Å². The molecule has 3 aromatic rings. The molecule has 0 unspecified atom stereocenters. The summed E-state index contributed by atoms with van der Waals surface area (Å²) in [6.45, 7) is 3.44. The van der Waals surface area contributed by atoms with Gasteiger partial charge in [-0.3, -0.25) is 4.79 Å². The summed E-state index contributed by atoms with van der Waals surface area (Å²) in [7, 11) is 0. The van der Waals surface area contributed by atoms with Crippen LogP contribution in [0.5, 0.6) is 0 Å². The summed E-state index contributed by atoms with van der Waals surface area (Å²) in [6.07, 6.45) is 3.23.